The molecule has 0 radical (unpaired) electrons. The van der Waals surface area contributed by atoms with Gasteiger partial charge in [-0.05, 0) is 13.0 Å². The normalized spacial score (nSPS) is 10.7. The number of ether oxygens (including phenoxy) is 2. The molecule has 0 aliphatic rings. The molecule has 16 heavy (non-hydrogen) atoms. The smallest absolute Gasteiger partial charge is 0.141 e. The summed E-state index contributed by atoms with van der Waals surface area (Å²) in [5.41, 5.74) is 7.38. The zero-order valence-electron chi connectivity index (χ0n) is 9.45. The van der Waals surface area contributed by atoms with Gasteiger partial charge in [0, 0.05) is 17.7 Å². The number of methoxy groups -OCH3 is 2. The highest BCUT2D eigenvalue weighted by molar-refractivity contribution is 5.89. The molecule has 0 spiro atoms. The SMILES string of the molecule is COc1cc(OC)c2c(CCN)coc2c1. The molecule has 1 heterocycles. The van der Waals surface area contributed by atoms with E-state index in [1.807, 2.05) is 12.1 Å². The molecule has 0 bridgehead atoms. The van der Waals surface area contributed by atoms with Gasteiger partial charge in [0.05, 0.1) is 25.9 Å². The molecule has 0 aliphatic heterocycles. The largest absolute Gasteiger partial charge is 0.496 e. The molecule has 2 N–H and O–H groups in total. The van der Waals surface area contributed by atoms with Crippen molar-refractivity contribution in [3.8, 4) is 11.5 Å². The molecule has 0 unspecified atom stereocenters. The Labute approximate surface area is 93.9 Å². The summed E-state index contributed by atoms with van der Waals surface area (Å²) < 4.78 is 16.0. The highest BCUT2D eigenvalue weighted by atomic mass is 16.5. The van der Waals surface area contributed by atoms with Gasteiger partial charge in [-0.2, -0.15) is 0 Å². The summed E-state index contributed by atoms with van der Waals surface area (Å²) in [6.07, 6.45) is 2.50. The van der Waals surface area contributed by atoms with Crippen LogP contribution in [0.3, 0.4) is 0 Å². The molecular weight excluding hydrogens is 206 g/mol. The molecule has 0 atom stereocenters. The van der Waals surface area contributed by atoms with E-state index in [4.69, 9.17) is 19.6 Å². The van der Waals surface area contributed by atoms with Crippen LogP contribution in [0.5, 0.6) is 11.5 Å². The van der Waals surface area contributed by atoms with Gasteiger partial charge < -0.3 is 19.6 Å². The number of rotatable bonds is 4. The number of hydrogen-bond acceptors (Lipinski definition) is 4. The van der Waals surface area contributed by atoms with Gasteiger partial charge in [-0.15, -0.1) is 0 Å². The third-order valence-corrected chi connectivity index (χ3v) is 2.56. The van der Waals surface area contributed by atoms with Gasteiger partial charge >= 0.3 is 0 Å². The van der Waals surface area contributed by atoms with Gasteiger partial charge in [-0.1, -0.05) is 0 Å². The predicted molar refractivity (Wildman–Crippen MR) is 62.1 cm³/mol. The van der Waals surface area contributed by atoms with E-state index < -0.39 is 0 Å². The molecule has 2 aromatic rings. The Balaban J connectivity index is 2.62. The maximum Gasteiger partial charge on any atom is 0.141 e. The second-order valence-corrected chi connectivity index (χ2v) is 3.50. The van der Waals surface area contributed by atoms with Crippen molar-refractivity contribution in [1.82, 2.24) is 0 Å². The zero-order valence-corrected chi connectivity index (χ0v) is 9.45. The number of nitrogens with two attached hydrogens (primary N) is 1. The summed E-state index contributed by atoms with van der Waals surface area (Å²) in [4.78, 5) is 0. The van der Waals surface area contributed by atoms with Crippen LogP contribution < -0.4 is 15.2 Å². The highest BCUT2D eigenvalue weighted by Gasteiger charge is 2.12. The quantitative estimate of drug-likeness (QED) is 0.857. The third kappa shape index (κ3) is 1.72. The molecule has 0 saturated heterocycles. The van der Waals surface area contributed by atoms with E-state index in [-0.39, 0.29) is 0 Å². The van der Waals surface area contributed by atoms with Crippen LogP contribution in [-0.2, 0) is 6.42 Å². The lowest BCUT2D eigenvalue weighted by Gasteiger charge is -2.06. The molecule has 1 aromatic heterocycles. The van der Waals surface area contributed by atoms with Crippen molar-refractivity contribution in [3.05, 3.63) is 24.0 Å². The van der Waals surface area contributed by atoms with E-state index in [0.717, 1.165) is 34.5 Å². The van der Waals surface area contributed by atoms with Gasteiger partial charge in [-0.3, -0.25) is 0 Å². The first kappa shape index (κ1) is 10.8. The minimum absolute atomic E-state index is 0.587. The summed E-state index contributed by atoms with van der Waals surface area (Å²) in [6.45, 7) is 0.587. The average molecular weight is 221 g/mol. The van der Waals surface area contributed by atoms with E-state index in [1.165, 1.54) is 0 Å². The van der Waals surface area contributed by atoms with Gasteiger partial charge in [0.25, 0.3) is 0 Å². The third-order valence-electron chi connectivity index (χ3n) is 2.56. The van der Waals surface area contributed by atoms with Gasteiger partial charge in [0.15, 0.2) is 0 Å². The van der Waals surface area contributed by atoms with E-state index >= 15 is 0 Å². The van der Waals surface area contributed by atoms with Crippen molar-refractivity contribution in [2.75, 3.05) is 20.8 Å². The Morgan fingerprint density at radius 1 is 1.25 bits per heavy atom. The van der Waals surface area contributed by atoms with Crippen molar-refractivity contribution in [2.24, 2.45) is 5.73 Å². The van der Waals surface area contributed by atoms with E-state index in [1.54, 1.807) is 20.5 Å². The van der Waals surface area contributed by atoms with E-state index in [2.05, 4.69) is 0 Å². The number of benzene rings is 1. The number of fused-ring (bicyclic) bond motifs is 1. The number of furan rings is 1. The zero-order chi connectivity index (χ0) is 11.5. The number of hydrogen-bond donors (Lipinski definition) is 1. The maximum absolute atomic E-state index is 5.55. The lowest BCUT2D eigenvalue weighted by atomic mass is 10.1. The van der Waals surface area contributed by atoms with Crippen molar-refractivity contribution in [3.63, 3.8) is 0 Å². The summed E-state index contributed by atoms with van der Waals surface area (Å²) in [5.74, 6) is 1.48. The van der Waals surface area contributed by atoms with Crippen LogP contribution in [0, 0.1) is 0 Å². The molecule has 0 aliphatic carbocycles. The summed E-state index contributed by atoms with van der Waals surface area (Å²) in [5, 5.41) is 0.980. The molecular formula is C12H15NO3. The highest BCUT2D eigenvalue weighted by Crippen LogP contribution is 2.34. The van der Waals surface area contributed by atoms with Crippen LogP contribution >= 0.6 is 0 Å². The van der Waals surface area contributed by atoms with Crippen molar-refractivity contribution < 1.29 is 13.9 Å². The van der Waals surface area contributed by atoms with Gasteiger partial charge in [0.1, 0.15) is 17.1 Å². The molecule has 86 valence electrons. The Morgan fingerprint density at radius 3 is 2.69 bits per heavy atom. The Bertz CT molecular complexity index is 490. The van der Waals surface area contributed by atoms with Crippen LogP contribution in [0.1, 0.15) is 5.56 Å². The van der Waals surface area contributed by atoms with Gasteiger partial charge in [0.2, 0.25) is 0 Å². The van der Waals surface area contributed by atoms with Crippen molar-refractivity contribution in [1.29, 1.82) is 0 Å². The topological polar surface area (TPSA) is 57.6 Å². The molecule has 1 aromatic carbocycles. The maximum atomic E-state index is 5.55. The minimum atomic E-state index is 0.587. The summed E-state index contributed by atoms with van der Waals surface area (Å²) in [7, 11) is 3.25. The molecule has 0 saturated carbocycles. The van der Waals surface area contributed by atoms with Crippen LogP contribution in [0.25, 0.3) is 11.0 Å². The molecule has 2 rings (SSSR count). The molecule has 4 heteroatoms. The average Bonchev–Trinajstić information content (AvgIpc) is 2.72. The molecule has 0 amide bonds. The Hall–Kier alpha value is -1.68. The second kappa shape index (κ2) is 4.45. The summed E-state index contributed by atoms with van der Waals surface area (Å²) in [6, 6.07) is 3.69. The Morgan fingerprint density at radius 2 is 2.06 bits per heavy atom. The van der Waals surface area contributed by atoms with E-state index in [9.17, 15) is 0 Å². The fourth-order valence-corrected chi connectivity index (χ4v) is 1.79. The monoisotopic (exact) mass is 221 g/mol. The van der Waals surface area contributed by atoms with Crippen LogP contribution in [-0.4, -0.2) is 20.8 Å². The van der Waals surface area contributed by atoms with Gasteiger partial charge in [-0.25, -0.2) is 0 Å². The van der Waals surface area contributed by atoms with Crippen LogP contribution in [0.2, 0.25) is 0 Å². The lowest BCUT2D eigenvalue weighted by molar-refractivity contribution is 0.397. The van der Waals surface area contributed by atoms with Crippen LogP contribution in [0.15, 0.2) is 22.8 Å². The van der Waals surface area contributed by atoms with E-state index in [0.29, 0.717) is 6.54 Å². The standard InChI is InChI=1S/C12H15NO3/c1-14-9-5-10(15-2)12-8(3-4-13)7-16-11(12)6-9/h5-7H,3-4,13H2,1-2H3. The second-order valence-electron chi connectivity index (χ2n) is 3.50. The van der Waals surface area contributed by atoms with Crippen molar-refractivity contribution >= 4 is 11.0 Å². The minimum Gasteiger partial charge on any atom is -0.496 e. The Kier molecular flexibility index (Phi) is 3.01. The first-order chi connectivity index (χ1) is 7.80. The lowest BCUT2D eigenvalue weighted by Crippen LogP contribution is -2.02. The predicted octanol–water partition coefficient (Wildman–Crippen LogP) is 1.95. The fraction of sp³-hybridized carbons (Fsp3) is 0.333. The van der Waals surface area contributed by atoms with Crippen molar-refractivity contribution in [2.45, 2.75) is 6.42 Å². The first-order valence-electron chi connectivity index (χ1n) is 5.12. The fourth-order valence-electron chi connectivity index (χ4n) is 1.79. The molecule has 0 fully saturated rings. The summed E-state index contributed by atoms with van der Waals surface area (Å²) >= 11 is 0. The van der Waals surface area contributed by atoms with Crippen LogP contribution in [0.4, 0.5) is 0 Å². The first-order valence-corrected chi connectivity index (χ1v) is 5.12. The molecule has 4 nitrogen and oxygen atoms in total.